The summed E-state index contributed by atoms with van der Waals surface area (Å²) in [6.45, 7) is 7.17. The molecule has 3 nitrogen and oxygen atoms in total. The van der Waals surface area contributed by atoms with Gasteiger partial charge in [-0.2, -0.15) is 0 Å². The van der Waals surface area contributed by atoms with Crippen molar-refractivity contribution in [1.82, 2.24) is 9.97 Å². The molecular formula is C14H18N2O. The number of nitrogens with one attached hydrogen (secondary N) is 1. The highest BCUT2D eigenvalue weighted by Gasteiger charge is 2.13. The second-order valence-electron chi connectivity index (χ2n) is 5.31. The number of aromatic nitrogens is 2. The highest BCUT2D eigenvalue weighted by molar-refractivity contribution is 5.66. The molecule has 0 spiro atoms. The minimum absolute atomic E-state index is 0.154. The van der Waals surface area contributed by atoms with Crippen LogP contribution < -0.4 is 4.74 Å². The van der Waals surface area contributed by atoms with Crippen LogP contribution in [0.15, 0.2) is 36.8 Å². The van der Waals surface area contributed by atoms with Crippen molar-refractivity contribution in [3.05, 3.63) is 36.8 Å². The van der Waals surface area contributed by atoms with Crippen LogP contribution in [0, 0.1) is 5.41 Å². The molecular weight excluding hydrogens is 212 g/mol. The second kappa shape index (κ2) is 4.62. The molecule has 0 atom stereocenters. The molecule has 2 aromatic rings. The van der Waals surface area contributed by atoms with Gasteiger partial charge in [0.1, 0.15) is 5.75 Å². The minimum Gasteiger partial charge on any atom is -0.492 e. The molecule has 0 unspecified atom stereocenters. The van der Waals surface area contributed by atoms with E-state index < -0.39 is 0 Å². The third-order valence-corrected chi connectivity index (χ3v) is 2.34. The summed E-state index contributed by atoms with van der Waals surface area (Å²) < 4.78 is 5.88. The van der Waals surface area contributed by atoms with Crippen LogP contribution in [0.5, 0.6) is 5.75 Å². The predicted octanol–water partition coefficient (Wildman–Crippen LogP) is 3.50. The average Bonchev–Trinajstić information content (AvgIpc) is 2.79. The van der Waals surface area contributed by atoms with Gasteiger partial charge in [0.2, 0.25) is 0 Å². The Kier molecular flexibility index (Phi) is 3.18. The van der Waals surface area contributed by atoms with Crippen molar-refractivity contribution >= 4 is 0 Å². The molecule has 1 aromatic carbocycles. The maximum absolute atomic E-state index is 5.88. The zero-order valence-corrected chi connectivity index (χ0v) is 10.5. The molecule has 1 heterocycles. The molecule has 0 fully saturated rings. The summed E-state index contributed by atoms with van der Waals surface area (Å²) in [7, 11) is 0. The van der Waals surface area contributed by atoms with Crippen molar-refractivity contribution in [2.24, 2.45) is 5.41 Å². The zero-order chi connectivity index (χ0) is 12.3. The number of H-pyrrole nitrogens is 1. The standard InChI is InChI=1S/C14H18N2O/c1-14(2,3)9-17-13-7-5-4-6-11(13)12-8-15-10-16-12/h4-8,10H,9H2,1-3H3,(H,15,16). The fourth-order valence-electron chi connectivity index (χ4n) is 1.51. The Balaban J connectivity index is 2.23. The van der Waals surface area contributed by atoms with Gasteiger partial charge < -0.3 is 9.72 Å². The van der Waals surface area contributed by atoms with Crippen LogP contribution in [0.1, 0.15) is 20.8 Å². The molecule has 0 aliphatic heterocycles. The second-order valence-corrected chi connectivity index (χ2v) is 5.31. The van der Waals surface area contributed by atoms with Gasteiger partial charge in [-0.05, 0) is 17.5 Å². The molecule has 0 aliphatic rings. The van der Waals surface area contributed by atoms with Crippen LogP contribution in [0.2, 0.25) is 0 Å². The molecule has 1 N–H and O–H groups in total. The monoisotopic (exact) mass is 230 g/mol. The third-order valence-electron chi connectivity index (χ3n) is 2.34. The average molecular weight is 230 g/mol. The Morgan fingerprint density at radius 2 is 2.00 bits per heavy atom. The number of hydrogen-bond acceptors (Lipinski definition) is 2. The predicted molar refractivity (Wildman–Crippen MR) is 69.0 cm³/mol. The van der Waals surface area contributed by atoms with Gasteiger partial charge in [-0.1, -0.05) is 32.9 Å². The molecule has 2 rings (SSSR count). The first kappa shape index (κ1) is 11.7. The summed E-state index contributed by atoms with van der Waals surface area (Å²) in [6, 6.07) is 8.01. The van der Waals surface area contributed by atoms with Gasteiger partial charge in [-0.3, -0.25) is 0 Å². The highest BCUT2D eigenvalue weighted by atomic mass is 16.5. The first-order valence-corrected chi connectivity index (χ1v) is 5.77. The maximum Gasteiger partial charge on any atom is 0.128 e. The van der Waals surface area contributed by atoms with Crippen molar-refractivity contribution < 1.29 is 4.74 Å². The Morgan fingerprint density at radius 3 is 2.65 bits per heavy atom. The fourth-order valence-corrected chi connectivity index (χ4v) is 1.51. The van der Waals surface area contributed by atoms with Crippen LogP contribution >= 0.6 is 0 Å². The summed E-state index contributed by atoms with van der Waals surface area (Å²) >= 11 is 0. The van der Waals surface area contributed by atoms with Gasteiger partial charge in [-0.25, -0.2) is 4.98 Å². The van der Waals surface area contributed by atoms with Crippen LogP contribution in [0.3, 0.4) is 0 Å². The number of ether oxygens (including phenoxy) is 1. The van der Waals surface area contributed by atoms with Crippen LogP contribution in [-0.2, 0) is 0 Å². The van der Waals surface area contributed by atoms with E-state index in [9.17, 15) is 0 Å². The van der Waals surface area contributed by atoms with Crippen LogP contribution in [0.25, 0.3) is 11.3 Å². The topological polar surface area (TPSA) is 37.9 Å². The van der Waals surface area contributed by atoms with Gasteiger partial charge in [-0.15, -0.1) is 0 Å². The number of imidazole rings is 1. The normalized spacial score (nSPS) is 11.5. The summed E-state index contributed by atoms with van der Waals surface area (Å²) in [5.41, 5.74) is 2.19. The quantitative estimate of drug-likeness (QED) is 0.876. The van der Waals surface area contributed by atoms with Crippen molar-refractivity contribution in [3.8, 4) is 17.0 Å². The number of benzene rings is 1. The molecule has 0 amide bonds. The molecule has 0 aliphatic carbocycles. The number of hydrogen-bond donors (Lipinski definition) is 1. The lowest BCUT2D eigenvalue weighted by Gasteiger charge is -2.20. The van der Waals surface area contributed by atoms with E-state index in [1.165, 1.54) is 0 Å². The molecule has 17 heavy (non-hydrogen) atoms. The van der Waals surface area contributed by atoms with Gasteiger partial charge in [0.25, 0.3) is 0 Å². The molecule has 0 radical (unpaired) electrons. The van der Waals surface area contributed by atoms with E-state index in [-0.39, 0.29) is 5.41 Å². The van der Waals surface area contributed by atoms with Crippen LogP contribution in [0.4, 0.5) is 0 Å². The highest BCUT2D eigenvalue weighted by Crippen LogP contribution is 2.29. The molecule has 0 bridgehead atoms. The first-order chi connectivity index (χ1) is 8.06. The van der Waals surface area contributed by atoms with E-state index >= 15 is 0 Å². The SMILES string of the molecule is CC(C)(C)COc1ccccc1-c1cnc[nH]1. The van der Waals surface area contributed by atoms with Crippen molar-refractivity contribution in [2.75, 3.05) is 6.61 Å². The summed E-state index contributed by atoms with van der Waals surface area (Å²) in [4.78, 5) is 7.14. The Bertz CT molecular complexity index is 469. The third kappa shape index (κ3) is 3.09. The van der Waals surface area contributed by atoms with E-state index in [4.69, 9.17) is 4.74 Å². The minimum atomic E-state index is 0.154. The Hall–Kier alpha value is -1.77. The molecule has 1 aromatic heterocycles. The summed E-state index contributed by atoms with van der Waals surface area (Å²) in [5.74, 6) is 0.895. The lowest BCUT2D eigenvalue weighted by molar-refractivity contribution is 0.198. The lowest BCUT2D eigenvalue weighted by atomic mass is 9.98. The number of nitrogens with zero attached hydrogens (tertiary/aromatic N) is 1. The Morgan fingerprint density at radius 1 is 1.24 bits per heavy atom. The van der Waals surface area contributed by atoms with E-state index in [2.05, 4.69) is 30.7 Å². The van der Waals surface area contributed by atoms with Gasteiger partial charge in [0, 0.05) is 5.56 Å². The van der Waals surface area contributed by atoms with Crippen molar-refractivity contribution in [2.45, 2.75) is 20.8 Å². The van der Waals surface area contributed by atoms with Crippen molar-refractivity contribution in [3.63, 3.8) is 0 Å². The van der Waals surface area contributed by atoms with Gasteiger partial charge >= 0.3 is 0 Å². The first-order valence-electron chi connectivity index (χ1n) is 5.77. The molecule has 3 heteroatoms. The lowest BCUT2D eigenvalue weighted by Crippen LogP contribution is -2.17. The van der Waals surface area contributed by atoms with E-state index in [1.54, 1.807) is 12.5 Å². The van der Waals surface area contributed by atoms with E-state index in [0.717, 1.165) is 17.0 Å². The molecule has 0 saturated carbocycles. The number of aromatic amines is 1. The number of rotatable bonds is 3. The number of para-hydroxylation sites is 1. The maximum atomic E-state index is 5.88. The largest absolute Gasteiger partial charge is 0.492 e. The summed E-state index contributed by atoms with van der Waals surface area (Å²) in [6.07, 6.45) is 3.48. The van der Waals surface area contributed by atoms with Crippen LogP contribution in [-0.4, -0.2) is 16.6 Å². The fraction of sp³-hybridized carbons (Fsp3) is 0.357. The van der Waals surface area contributed by atoms with Gasteiger partial charge in [0.15, 0.2) is 0 Å². The van der Waals surface area contributed by atoms with Gasteiger partial charge in [0.05, 0.1) is 24.8 Å². The smallest absolute Gasteiger partial charge is 0.128 e. The summed E-state index contributed by atoms with van der Waals surface area (Å²) in [5, 5.41) is 0. The molecule has 90 valence electrons. The van der Waals surface area contributed by atoms with Crippen molar-refractivity contribution in [1.29, 1.82) is 0 Å². The van der Waals surface area contributed by atoms with E-state index in [0.29, 0.717) is 6.61 Å². The molecule has 0 saturated heterocycles. The van der Waals surface area contributed by atoms with E-state index in [1.807, 2.05) is 24.3 Å². The Labute approximate surface area is 102 Å². The zero-order valence-electron chi connectivity index (χ0n) is 10.5.